The van der Waals surface area contributed by atoms with Crippen molar-refractivity contribution in [3.63, 3.8) is 0 Å². The largest absolute Gasteiger partial charge is 0.335 e. The molecule has 0 aromatic carbocycles. The second-order valence-electron chi connectivity index (χ2n) is 3.90. The van der Waals surface area contributed by atoms with Gasteiger partial charge in [0.25, 0.3) is 5.89 Å². The van der Waals surface area contributed by atoms with Crippen LogP contribution in [-0.2, 0) is 6.54 Å². The maximum atomic E-state index is 5.45. The second-order valence-corrected chi connectivity index (χ2v) is 3.90. The molecule has 0 aliphatic heterocycles. The minimum Gasteiger partial charge on any atom is -0.335 e. The number of aromatic nitrogens is 4. The van der Waals surface area contributed by atoms with Crippen molar-refractivity contribution in [1.82, 2.24) is 19.7 Å². The third-order valence-corrected chi connectivity index (χ3v) is 2.20. The zero-order valence-corrected chi connectivity index (χ0v) is 9.42. The summed E-state index contributed by atoms with van der Waals surface area (Å²) in [5, 5.41) is 3.89. The van der Waals surface area contributed by atoms with Crippen molar-refractivity contribution >= 4 is 0 Å². The lowest BCUT2D eigenvalue weighted by Crippen LogP contribution is -2.07. The molecule has 0 saturated carbocycles. The molecule has 0 aliphatic rings. The fourth-order valence-corrected chi connectivity index (χ4v) is 1.32. The van der Waals surface area contributed by atoms with Crippen LogP contribution in [-0.4, -0.2) is 26.2 Å². The van der Waals surface area contributed by atoms with Gasteiger partial charge in [0.2, 0.25) is 0 Å². The molecule has 2 aromatic heterocycles. The molecular weight excluding hydrogens is 206 g/mol. The van der Waals surface area contributed by atoms with Gasteiger partial charge in [0.1, 0.15) is 5.69 Å². The Morgan fingerprint density at radius 3 is 2.94 bits per heavy atom. The Labute approximate surface area is 93.5 Å². The van der Waals surface area contributed by atoms with E-state index in [0.29, 0.717) is 24.0 Å². The third kappa shape index (κ3) is 2.11. The molecule has 6 heteroatoms. The first kappa shape index (κ1) is 10.8. The van der Waals surface area contributed by atoms with Gasteiger partial charge in [-0.15, -0.1) is 0 Å². The van der Waals surface area contributed by atoms with Crippen molar-refractivity contribution in [3.05, 3.63) is 18.3 Å². The van der Waals surface area contributed by atoms with Crippen LogP contribution < -0.4 is 5.73 Å². The minimum atomic E-state index is 0.253. The number of hydrogen-bond donors (Lipinski definition) is 1. The van der Waals surface area contributed by atoms with Crippen LogP contribution in [0.4, 0.5) is 0 Å². The van der Waals surface area contributed by atoms with E-state index in [2.05, 4.69) is 15.1 Å². The highest BCUT2D eigenvalue weighted by molar-refractivity contribution is 5.44. The SMILES string of the molecule is CC(C)c1noc(-c2cn(CCN)cn2)n1. The average molecular weight is 221 g/mol. The van der Waals surface area contributed by atoms with E-state index in [0.717, 1.165) is 6.54 Å². The van der Waals surface area contributed by atoms with Gasteiger partial charge < -0.3 is 14.8 Å². The van der Waals surface area contributed by atoms with Crippen LogP contribution in [0.3, 0.4) is 0 Å². The van der Waals surface area contributed by atoms with Gasteiger partial charge in [-0.1, -0.05) is 19.0 Å². The van der Waals surface area contributed by atoms with Crippen LogP contribution in [0.15, 0.2) is 17.0 Å². The first-order chi connectivity index (χ1) is 7.70. The van der Waals surface area contributed by atoms with Crippen molar-refractivity contribution in [2.45, 2.75) is 26.3 Å². The molecule has 0 unspecified atom stereocenters. The Balaban J connectivity index is 2.21. The summed E-state index contributed by atoms with van der Waals surface area (Å²) >= 11 is 0. The second kappa shape index (κ2) is 4.44. The quantitative estimate of drug-likeness (QED) is 0.833. The number of nitrogens with two attached hydrogens (primary N) is 1. The van der Waals surface area contributed by atoms with Crippen LogP contribution in [0.5, 0.6) is 0 Å². The van der Waals surface area contributed by atoms with E-state index in [9.17, 15) is 0 Å². The first-order valence-corrected chi connectivity index (χ1v) is 5.26. The van der Waals surface area contributed by atoms with Crippen LogP contribution in [0, 0.1) is 0 Å². The topological polar surface area (TPSA) is 82.8 Å². The molecule has 0 atom stereocenters. The normalized spacial score (nSPS) is 11.2. The Bertz CT molecular complexity index is 459. The molecule has 0 spiro atoms. The average Bonchev–Trinajstić information content (AvgIpc) is 2.84. The monoisotopic (exact) mass is 221 g/mol. The molecule has 0 fully saturated rings. The molecule has 86 valence electrons. The predicted octanol–water partition coefficient (Wildman–Crippen LogP) is 1.02. The molecule has 0 radical (unpaired) electrons. The summed E-state index contributed by atoms with van der Waals surface area (Å²) in [6.07, 6.45) is 3.56. The highest BCUT2D eigenvalue weighted by atomic mass is 16.5. The van der Waals surface area contributed by atoms with Gasteiger partial charge in [-0.05, 0) is 0 Å². The molecule has 2 N–H and O–H groups in total. The number of hydrogen-bond acceptors (Lipinski definition) is 5. The Morgan fingerprint density at radius 1 is 1.50 bits per heavy atom. The van der Waals surface area contributed by atoms with E-state index in [1.165, 1.54) is 0 Å². The lowest BCUT2D eigenvalue weighted by atomic mass is 10.2. The molecule has 16 heavy (non-hydrogen) atoms. The van der Waals surface area contributed by atoms with E-state index in [4.69, 9.17) is 10.3 Å². The Kier molecular flexibility index (Phi) is 3.00. The number of nitrogens with zero attached hydrogens (tertiary/aromatic N) is 4. The molecule has 2 rings (SSSR count). The van der Waals surface area contributed by atoms with Crippen molar-refractivity contribution in [2.24, 2.45) is 5.73 Å². The zero-order valence-electron chi connectivity index (χ0n) is 9.42. The molecule has 2 heterocycles. The molecule has 0 aliphatic carbocycles. The summed E-state index contributed by atoms with van der Waals surface area (Å²) in [5.74, 6) is 1.41. The smallest absolute Gasteiger partial charge is 0.278 e. The van der Waals surface area contributed by atoms with Crippen molar-refractivity contribution in [3.8, 4) is 11.6 Å². The maximum absolute atomic E-state index is 5.45. The van der Waals surface area contributed by atoms with Gasteiger partial charge in [-0.3, -0.25) is 0 Å². The van der Waals surface area contributed by atoms with Crippen LogP contribution >= 0.6 is 0 Å². The predicted molar refractivity (Wildman–Crippen MR) is 58.7 cm³/mol. The zero-order chi connectivity index (χ0) is 11.5. The van der Waals surface area contributed by atoms with Gasteiger partial charge in [0.05, 0.1) is 6.33 Å². The molecule has 2 aromatic rings. The number of rotatable bonds is 4. The van der Waals surface area contributed by atoms with Gasteiger partial charge in [0.15, 0.2) is 5.82 Å². The van der Waals surface area contributed by atoms with Crippen molar-refractivity contribution in [2.75, 3.05) is 6.54 Å². The fourth-order valence-electron chi connectivity index (χ4n) is 1.32. The highest BCUT2D eigenvalue weighted by Crippen LogP contribution is 2.17. The van der Waals surface area contributed by atoms with E-state index >= 15 is 0 Å². The van der Waals surface area contributed by atoms with E-state index < -0.39 is 0 Å². The van der Waals surface area contributed by atoms with Gasteiger partial charge in [-0.2, -0.15) is 4.98 Å². The third-order valence-electron chi connectivity index (χ3n) is 2.20. The summed E-state index contributed by atoms with van der Waals surface area (Å²) in [7, 11) is 0. The molecule has 0 bridgehead atoms. The number of imidazole rings is 1. The molecular formula is C10H15N5O. The summed E-state index contributed by atoms with van der Waals surface area (Å²) in [4.78, 5) is 8.46. The fraction of sp³-hybridized carbons (Fsp3) is 0.500. The molecule has 6 nitrogen and oxygen atoms in total. The van der Waals surface area contributed by atoms with E-state index in [-0.39, 0.29) is 5.92 Å². The summed E-state index contributed by atoms with van der Waals surface area (Å²) < 4.78 is 7.03. The Hall–Kier alpha value is -1.69. The summed E-state index contributed by atoms with van der Waals surface area (Å²) in [6.45, 7) is 5.35. The molecule has 0 saturated heterocycles. The van der Waals surface area contributed by atoms with Crippen LogP contribution in [0.1, 0.15) is 25.6 Å². The lowest BCUT2D eigenvalue weighted by Gasteiger charge is -1.94. The van der Waals surface area contributed by atoms with Gasteiger partial charge in [-0.25, -0.2) is 4.98 Å². The van der Waals surface area contributed by atoms with Gasteiger partial charge >= 0.3 is 0 Å². The maximum Gasteiger partial charge on any atom is 0.278 e. The minimum absolute atomic E-state index is 0.253. The Morgan fingerprint density at radius 2 is 2.31 bits per heavy atom. The van der Waals surface area contributed by atoms with Gasteiger partial charge in [0, 0.05) is 25.2 Å². The lowest BCUT2D eigenvalue weighted by molar-refractivity contribution is 0.418. The van der Waals surface area contributed by atoms with Crippen LogP contribution in [0.25, 0.3) is 11.6 Å². The standard InChI is InChI=1S/C10H15N5O/c1-7(2)9-13-10(16-14-9)8-5-15(4-3-11)6-12-8/h5-7H,3-4,11H2,1-2H3. The van der Waals surface area contributed by atoms with Crippen LogP contribution in [0.2, 0.25) is 0 Å². The summed E-state index contributed by atoms with van der Waals surface area (Å²) in [6, 6.07) is 0. The first-order valence-electron chi connectivity index (χ1n) is 5.26. The van der Waals surface area contributed by atoms with E-state index in [1.807, 2.05) is 24.6 Å². The van der Waals surface area contributed by atoms with E-state index in [1.54, 1.807) is 6.33 Å². The van der Waals surface area contributed by atoms with Crippen molar-refractivity contribution in [1.29, 1.82) is 0 Å². The molecule has 0 amide bonds. The van der Waals surface area contributed by atoms with Crippen molar-refractivity contribution < 1.29 is 4.52 Å². The summed E-state index contributed by atoms with van der Waals surface area (Å²) in [5.41, 5.74) is 6.14. The highest BCUT2D eigenvalue weighted by Gasteiger charge is 2.13.